The number of fused-ring (bicyclic) bond motifs is 7. The minimum atomic E-state index is -0.467. The number of ether oxygens (including phenoxy) is 3. The van der Waals surface area contributed by atoms with Crippen molar-refractivity contribution in [1.82, 2.24) is 54.5 Å². The molecule has 10 rings (SSSR count). The normalized spacial score (nSPS) is 11.0. The van der Waals surface area contributed by atoms with Crippen LogP contribution in [0.25, 0.3) is 54.8 Å². The molecule has 5 aromatic carbocycles. The van der Waals surface area contributed by atoms with Gasteiger partial charge >= 0.3 is 18.3 Å². The summed E-state index contributed by atoms with van der Waals surface area (Å²) in [6, 6.07) is 43.3. The number of aromatic nitrogens is 7. The average Bonchev–Trinajstić information content (AvgIpc) is 1.61. The second kappa shape index (κ2) is 37.0. The highest BCUT2D eigenvalue weighted by Crippen LogP contribution is 2.30. The first kappa shape index (κ1) is 71.5. The van der Waals surface area contributed by atoms with E-state index in [0.717, 1.165) is 141 Å². The Morgan fingerprint density at radius 3 is 1.40 bits per heavy atom. The molecule has 0 fully saturated rings. The number of pyridine rings is 3. The molecule has 0 unspecified atom stereocenters. The molecule has 0 aliphatic carbocycles. The van der Waals surface area contributed by atoms with Gasteiger partial charge in [0.25, 0.3) is 0 Å². The average molecular weight is 1280 g/mol. The molecule has 0 bridgehead atoms. The lowest BCUT2D eigenvalue weighted by Crippen LogP contribution is -2.33. The Labute approximate surface area is 552 Å². The Morgan fingerprint density at radius 2 is 0.936 bits per heavy atom. The number of unbranched alkanes of at least 4 members (excludes halogenated alkanes) is 3. The van der Waals surface area contributed by atoms with Crippen LogP contribution >= 0.6 is 0 Å². The summed E-state index contributed by atoms with van der Waals surface area (Å²) in [5, 5.41) is 12.1. The van der Waals surface area contributed by atoms with Gasteiger partial charge in [0.2, 0.25) is 5.91 Å². The van der Waals surface area contributed by atoms with Crippen LogP contribution in [0.5, 0.6) is 0 Å². The number of alkyl carbamates (subject to hydrolysis) is 1. The van der Waals surface area contributed by atoms with E-state index in [-0.39, 0.29) is 37.4 Å². The fourth-order valence-corrected chi connectivity index (χ4v) is 10.3. The van der Waals surface area contributed by atoms with Gasteiger partial charge < -0.3 is 60.6 Å². The number of imidazole rings is 2. The number of anilines is 2. The highest BCUT2D eigenvalue weighted by molar-refractivity contribution is 6.03. The Bertz CT molecular complexity index is 4000. The summed E-state index contributed by atoms with van der Waals surface area (Å²) in [6.07, 6.45) is 10.8. The minimum Gasteiger partial charge on any atom is -0.445 e. The van der Waals surface area contributed by atoms with E-state index < -0.39 is 5.60 Å². The number of aryl methyl sites for hydroxylation is 2. The summed E-state index contributed by atoms with van der Waals surface area (Å²) < 4.78 is 20.7. The van der Waals surface area contributed by atoms with E-state index in [9.17, 15) is 19.2 Å². The lowest BCUT2D eigenvalue weighted by atomic mass is 10.1. The van der Waals surface area contributed by atoms with Crippen molar-refractivity contribution in [2.45, 2.75) is 145 Å². The molecular formula is C73H94N14O7. The van der Waals surface area contributed by atoms with Crippen LogP contribution in [0.2, 0.25) is 0 Å². The molecule has 0 saturated carbocycles. The third-order valence-corrected chi connectivity index (χ3v) is 14.9. The van der Waals surface area contributed by atoms with Gasteiger partial charge in [-0.25, -0.2) is 24.4 Å². The summed E-state index contributed by atoms with van der Waals surface area (Å²) in [4.78, 5) is 74.9. The second-order valence-electron chi connectivity index (χ2n) is 23.5. The summed E-state index contributed by atoms with van der Waals surface area (Å²) in [5.41, 5.74) is 21.2. The maximum atomic E-state index is 12.9. The number of rotatable bonds is 25. The number of hydrogen-bond acceptors (Lipinski definition) is 15. The lowest BCUT2D eigenvalue weighted by Gasteiger charge is -2.21. The van der Waals surface area contributed by atoms with Crippen LogP contribution in [0.15, 0.2) is 152 Å². The Kier molecular flexibility index (Phi) is 28.1. The molecule has 94 heavy (non-hydrogen) atoms. The number of nitrogen functional groups attached to an aromatic ring is 1. The molecule has 10 aromatic rings. The van der Waals surface area contributed by atoms with Crippen LogP contribution in [-0.2, 0) is 58.4 Å². The largest absolute Gasteiger partial charge is 0.445 e. The number of nitrogens with one attached hydrogen (secondary N) is 3. The number of nitrogens with zero attached hydrogens (tertiary/aromatic N) is 9. The van der Waals surface area contributed by atoms with Crippen LogP contribution in [0.3, 0.4) is 0 Å². The Hall–Kier alpha value is -9.89. The van der Waals surface area contributed by atoms with Crippen molar-refractivity contribution < 1.29 is 33.4 Å². The molecule has 7 N–H and O–H groups in total. The number of amides is 4. The predicted molar refractivity (Wildman–Crippen MR) is 376 cm³/mol. The second-order valence-corrected chi connectivity index (χ2v) is 23.5. The third-order valence-electron chi connectivity index (χ3n) is 14.9. The third kappa shape index (κ3) is 21.3. The topological polar surface area (TPSA) is 265 Å². The van der Waals surface area contributed by atoms with E-state index in [1.165, 1.54) is 13.3 Å². The van der Waals surface area contributed by atoms with E-state index in [1.54, 1.807) is 22.2 Å². The first-order valence-electron chi connectivity index (χ1n) is 32.7. The standard InChI is InChI=1S/C27H31N5O3.C25H29N5O2.C18H26N4O2.C3H8/c1-3-31(27(34)35-19-21-11-5-4-6-12-21)18-25-30-24-17-29-23-14-8-7-13-22(23)26(24)32(25)16-10-9-15-28-20(2)33;1-2-29(25(31)32-18-19-10-4-3-5-11-19)17-23-28-22-16-27-21-13-7-6-12-20(21)24(22)30(23)15-9-8-14-26;1-18(2,3)24-17(23)21-11-7-6-10-20-16-13-8-4-5-9-15(13)22-12-14(16)19;1-3-2/h4-8,11-14,17H,3,9-10,15-16,18-19H2,1-2H3,(H,28,33);3-7,10-13,16H,2,8-9,14-15,17-18,26H2,1H3;4-5,8-9,12H,6-7,10-11,19H2,1-3H3,(H,20,22)(H,21,23);3H2,1-2H3. The number of para-hydroxylation sites is 3. The number of carbonyl (C=O) groups is 4. The van der Waals surface area contributed by atoms with Gasteiger partial charge in [-0.05, 0) is 109 Å². The number of benzene rings is 5. The van der Waals surface area contributed by atoms with E-state index >= 15 is 0 Å². The highest BCUT2D eigenvalue weighted by atomic mass is 16.6. The van der Waals surface area contributed by atoms with E-state index in [2.05, 4.69) is 66.0 Å². The predicted octanol–water partition coefficient (Wildman–Crippen LogP) is 14.1. The molecule has 5 aromatic heterocycles. The molecule has 0 aliphatic rings. The zero-order chi connectivity index (χ0) is 67.2. The van der Waals surface area contributed by atoms with Crippen LogP contribution in [0.4, 0.5) is 25.8 Å². The molecule has 21 nitrogen and oxygen atoms in total. The van der Waals surface area contributed by atoms with Gasteiger partial charge in [0.15, 0.2) is 0 Å². The first-order valence-corrected chi connectivity index (χ1v) is 32.7. The van der Waals surface area contributed by atoms with Crippen molar-refractivity contribution in [1.29, 1.82) is 0 Å². The summed E-state index contributed by atoms with van der Waals surface area (Å²) in [5.74, 6) is 1.59. The molecule has 4 amide bonds. The van der Waals surface area contributed by atoms with Gasteiger partial charge in [0.1, 0.15) is 41.5 Å². The van der Waals surface area contributed by atoms with Crippen LogP contribution in [0, 0.1) is 0 Å². The molecule has 5 heterocycles. The van der Waals surface area contributed by atoms with Gasteiger partial charge in [-0.1, -0.05) is 136 Å². The van der Waals surface area contributed by atoms with E-state index in [0.29, 0.717) is 51.5 Å². The van der Waals surface area contributed by atoms with Crippen molar-refractivity contribution in [3.8, 4) is 0 Å². The molecule has 0 saturated heterocycles. The van der Waals surface area contributed by atoms with Crippen molar-refractivity contribution in [2.75, 3.05) is 50.3 Å². The summed E-state index contributed by atoms with van der Waals surface area (Å²) in [7, 11) is 0. The fraction of sp³-hybridized carbons (Fsp3) is 0.384. The smallest absolute Gasteiger partial charge is 0.410 e. The van der Waals surface area contributed by atoms with Gasteiger partial charge in [-0.15, -0.1) is 0 Å². The van der Waals surface area contributed by atoms with Gasteiger partial charge in [0, 0.05) is 68.9 Å². The molecule has 0 aliphatic heterocycles. The molecule has 0 radical (unpaired) electrons. The van der Waals surface area contributed by atoms with E-state index in [4.69, 9.17) is 35.6 Å². The molecular weight excluding hydrogens is 1180 g/mol. The molecule has 0 atom stereocenters. The first-order chi connectivity index (χ1) is 45.6. The van der Waals surface area contributed by atoms with E-state index in [1.807, 2.05) is 162 Å². The summed E-state index contributed by atoms with van der Waals surface area (Å²) in [6.45, 7) is 21.5. The molecule has 498 valence electrons. The van der Waals surface area contributed by atoms with Gasteiger partial charge in [0.05, 0.1) is 70.6 Å². The summed E-state index contributed by atoms with van der Waals surface area (Å²) >= 11 is 0. The number of hydrogen-bond donors (Lipinski definition) is 5. The lowest BCUT2D eigenvalue weighted by molar-refractivity contribution is -0.118. The quantitative estimate of drug-likeness (QED) is 0.0263. The van der Waals surface area contributed by atoms with Gasteiger partial charge in [-0.2, -0.15) is 0 Å². The Morgan fingerprint density at radius 1 is 0.521 bits per heavy atom. The number of carbonyl (C=O) groups excluding carboxylic acids is 4. The maximum absolute atomic E-state index is 12.9. The highest BCUT2D eigenvalue weighted by Gasteiger charge is 2.23. The van der Waals surface area contributed by atoms with Crippen LogP contribution < -0.4 is 27.4 Å². The fourth-order valence-electron chi connectivity index (χ4n) is 10.3. The van der Waals surface area contributed by atoms with Gasteiger partial charge in [-0.3, -0.25) is 19.7 Å². The van der Waals surface area contributed by atoms with Crippen molar-refractivity contribution in [3.63, 3.8) is 0 Å². The van der Waals surface area contributed by atoms with Crippen LogP contribution in [-0.4, -0.2) is 113 Å². The molecule has 0 spiro atoms. The zero-order valence-corrected chi connectivity index (χ0v) is 55.9. The van der Waals surface area contributed by atoms with Crippen LogP contribution in [0.1, 0.15) is 123 Å². The maximum Gasteiger partial charge on any atom is 0.410 e. The minimum absolute atomic E-state index is 0.0246. The van der Waals surface area contributed by atoms with Crippen molar-refractivity contribution >= 4 is 90.3 Å². The monoisotopic (exact) mass is 1280 g/mol. The van der Waals surface area contributed by atoms with Crippen molar-refractivity contribution in [3.05, 3.63) is 175 Å². The molecule has 21 heteroatoms. The SMILES string of the molecule is CC(C)(C)OC(=O)NCCCCNc1c(N)cnc2ccccc12.CCC.CCN(Cc1nc2cnc3ccccc3c2n1CCCCN)C(=O)OCc1ccccc1.CCN(Cc1nc2cnc3ccccc3c2n1CCCCNC(C)=O)C(=O)OCc1ccccc1. The zero-order valence-electron chi connectivity index (χ0n) is 55.9. The number of nitrogens with two attached hydrogens (primary N) is 2. The Balaban J connectivity index is 0.000000198. The van der Waals surface area contributed by atoms with Crippen molar-refractivity contribution in [2.24, 2.45) is 5.73 Å².